The molecule has 0 unspecified atom stereocenters. The molecule has 10 nitrogen and oxygen atoms in total. The number of piperazine rings is 1. The van der Waals surface area contributed by atoms with E-state index in [0.29, 0.717) is 13.1 Å². The zero-order chi connectivity index (χ0) is 20.1. The number of nitrogens with zero attached hydrogens (tertiary/aromatic N) is 2. The van der Waals surface area contributed by atoms with Crippen molar-refractivity contribution in [3.05, 3.63) is 0 Å². The Hall–Kier alpha value is -1.24. The molecule has 0 aromatic rings. The summed E-state index contributed by atoms with van der Waals surface area (Å²) in [5, 5.41) is 0. The van der Waals surface area contributed by atoms with Crippen molar-refractivity contribution < 1.29 is 34.8 Å². The maximum Gasteiger partial charge on any atom is 0.264 e. The van der Waals surface area contributed by atoms with Crippen LogP contribution < -0.4 is 0 Å². The molecule has 2 atom stereocenters. The monoisotopic (exact) mass is 414 g/mol. The second kappa shape index (κ2) is 9.11. The molecular weight excluding hydrogens is 388 g/mol. The third-order valence-corrected chi connectivity index (χ3v) is 5.04. The number of hydrogen-bond acceptors (Lipinski definition) is 8. The summed E-state index contributed by atoms with van der Waals surface area (Å²) in [5.74, 6) is -0.499. The topological polar surface area (TPSA) is 127 Å². The van der Waals surface area contributed by atoms with Gasteiger partial charge in [0, 0.05) is 25.2 Å². The Morgan fingerprint density at radius 1 is 0.808 bits per heavy atom. The summed E-state index contributed by atoms with van der Waals surface area (Å²) in [6, 6.07) is -0.506. The highest BCUT2D eigenvalue weighted by atomic mass is 32.2. The summed E-state index contributed by atoms with van der Waals surface area (Å²) in [6.07, 6.45) is 1.70. The molecule has 0 saturated carbocycles. The smallest absolute Gasteiger partial charge is 0.264 e. The fourth-order valence-electron chi connectivity index (χ4n) is 2.67. The number of rotatable bonds is 8. The lowest BCUT2D eigenvalue weighted by molar-refractivity contribution is -0.146. The van der Waals surface area contributed by atoms with Gasteiger partial charge in [0.15, 0.2) is 0 Å². The van der Waals surface area contributed by atoms with E-state index in [0.717, 1.165) is 12.5 Å². The van der Waals surface area contributed by atoms with Gasteiger partial charge in [-0.1, -0.05) is 0 Å². The molecule has 1 fully saturated rings. The zero-order valence-electron chi connectivity index (χ0n) is 15.4. The Labute approximate surface area is 154 Å². The molecule has 1 aliphatic rings. The largest absolute Gasteiger partial charge is 0.336 e. The van der Waals surface area contributed by atoms with E-state index < -0.39 is 20.2 Å². The Morgan fingerprint density at radius 3 is 1.38 bits per heavy atom. The van der Waals surface area contributed by atoms with Crippen LogP contribution in [0.15, 0.2) is 0 Å². The van der Waals surface area contributed by atoms with Crippen LogP contribution in [-0.2, 0) is 38.2 Å². The summed E-state index contributed by atoms with van der Waals surface area (Å²) >= 11 is 0. The lowest BCUT2D eigenvalue weighted by Gasteiger charge is -2.44. The average molecular weight is 415 g/mol. The molecule has 0 aromatic heterocycles. The Morgan fingerprint density at radius 2 is 1.12 bits per heavy atom. The summed E-state index contributed by atoms with van der Waals surface area (Å²) in [5.41, 5.74) is 0. The van der Waals surface area contributed by atoms with Crippen LogP contribution in [0.3, 0.4) is 0 Å². The molecule has 1 rings (SSSR count). The summed E-state index contributed by atoms with van der Waals surface area (Å²) in [4.78, 5) is 27.7. The van der Waals surface area contributed by atoms with Crippen molar-refractivity contribution in [1.29, 1.82) is 0 Å². The van der Waals surface area contributed by atoms with Crippen molar-refractivity contribution in [3.8, 4) is 0 Å². The van der Waals surface area contributed by atoms with E-state index in [9.17, 15) is 26.4 Å². The first-order chi connectivity index (χ1) is 11.8. The van der Waals surface area contributed by atoms with Crippen LogP contribution in [-0.4, -0.2) is 89.3 Å². The molecule has 0 aromatic carbocycles. The first-order valence-corrected chi connectivity index (χ1v) is 11.7. The second-order valence-corrected chi connectivity index (χ2v) is 9.63. The third kappa shape index (κ3) is 7.98. The van der Waals surface area contributed by atoms with E-state index in [1.54, 1.807) is 23.6 Å². The summed E-state index contributed by atoms with van der Waals surface area (Å²) in [6.45, 7) is 3.74. The van der Waals surface area contributed by atoms with Gasteiger partial charge in [0.25, 0.3) is 20.2 Å². The van der Waals surface area contributed by atoms with Gasteiger partial charge in [-0.05, 0) is 13.8 Å². The Bertz CT molecular complexity index is 657. The normalized spacial score (nSPS) is 21.7. The van der Waals surface area contributed by atoms with Gasteiger partial charge in [-0.3, -0.25) is 18.0 Å². The minimum Gasteiger partial charge on any atom is -0.336 e. The molecule has 2 amide bonds. The van der Waals surface area contributed by atoms with E-state index in [2.05, 4.69) is 8.37 Å². The van der Waals surface area contributed by atoms with E-state index in [1.165, 1.54) is 0 Å². The maximum absolute atomic E-state index is 12.3. The predicted octanol–water partition coefficient (Wildman–Crippen LogP) is -0.833. The first-order valence-electron chi connectivity index (χ1n) is 8.08. The van der Waals surface area contributed by atoms with Crippen molar-refractivity contribution in [2.75, 3.05) is 38.8 Å². The van der Waals surface area contributed by atoms with Gasteiger partial charge in [-0.2, -0.15) is 16.8 Å². The highest BCUT2D eigenvalue weighted by Gasteiger charge is 2.34. The fourth-order valence-corrected chi connectivity index (χ4v) is 3.44. The summed E-state index contributed by atoms with van der Waals surface area (Å²) < 4.78 is 52.9. The standard InChI is InChI=1S/C14H26N2O8S2/c1-11-9-16(14(18)6-8-24-26(4,21)22)12(2)10-15(11)13(17)5-7-23-25(3,19)20/h11-12H,5-10H2,1-4H3/t11-,12-/m0/s1. The van der Waals surface area contributed by atoms with Crippen LogP contribution in [0.4, 0.5) is 0 Å². The molecule has 1 heterocycles. The van der Waals surface area contributed by atoms with Gasteiger partial charge < -0.3 is 9.80 Å². The van der Waals surface area contributed by atoms with Gasteiger partial charge in [-0.25, -0.2) is 0 Å². The van der Waals surface area contributed by atoms with Crippen LogP contribution >= 0.6 is 0 Å². The molecule has 12 heteroatoms. The number of amides is 2. The van der Waals surface area contributed by atoms with E-state index in [4.69, 9.17) is 0 Å². The van der Waals surface area contributed by atoms with Crippen molar-refractivity contribution >= 4 is 32.1 Å². The zero-order valence-corrected chi connectivity index (χ0v) is 17.0. The lowest BCUT2D eigenvalue weighted by atomic mass is 10.1. The Balaban J connectivity index is 2.55. The minimum absolute atomic E-state index is 0.0692. The molecule has 0 spiro atoms. The van der Waals surface area contributed by atoms with Crippen molar-refractivity contribution in [1.82, 2.24) is 9.80 Å². The molecule has 1 saturated heterocycles. The van der Waals surface area contributed by atoms with Crippen molar-refractivity contribution in [2.45, 2.75) is 38.8 Å². The molecule has 1 aliphatic heterocycles. The van der Waals surface area contributed by atoms with Crippen LogP contribution in [0, 0.1) is 0 Å². The van der Waals surface area contributed by atoms with Crippen LogP contribution in [0.2, 0.25) is 0 Å². The number of hydrogen-bond donors (Lipinski definition) is 0. The first kappa shape index (κ1) is 22.8. The van der Waals surface area contributed by atoms with E-state index >= 15 is 0 Å². The molecule has 0 bridgehead atoms. The number of carbonyl (C=O) groups excluding carboxylic acids is 2. The highest BCUT2D eigenvalue weighted by Crippen LogP contribution is 2.17. The fraction of sp³-hybridized carbons (Fsp3) is 0.857. The van der Waals surface area contributed by atoms with Crippen LogP contribution in [0.25, 0.3) is 0 Å². The third-order valence-electron chi connectivity index (χ3n) is 3.85. The van der Waals surface area contributed by atoms with Gasteiger partial charge in [-0.15, -0.1) is 0 Å². The maximum atomic E-state index is 12.3. The van der Waals surface area contributed by atoms with Crippen molar-refractivity contribution in [2.24, 2.45) is 0 Å². The van der Waals surface area contributed by atoms with Crippen LogP contribution in [0.5, 0.6) is 0 Å². The Kier molecular flexibility index (Phi) is 7.99. The minimum atomic E-state index is -3.59. The van der Waals surface area contributed by atoms with E-state index in [-0.39, 0.29) is 50.0 Å². The van der Waals surface area contributed by atoms with Crippen LogP contribution in [0.1, 0.15) is 26.7 Å². The lowest BCUT2D eigenvalue weighted by Crippen LogP contribution is -2.59. The molecule has 26 heavy (non-hydrogen) atoms. The van der Waals surface area contributed by atoms with Gasteiger partial charge >= 0.3 is 0 Å². The predicted molar refractivity (Wildman–Crippen MR) is 93.2 cm³/mol. The highest BCUT2D eigenvalue weighted by molar-refractivity contribution is 7.86. The quantitative estimate of drug-likeness (QED) is 0.471. The molecule has 0 radical (unpaired) electrons. The molecular formula is C14H26N2O8S2. The van der Waals surface area contributed by atoms with E-state index in [1.807, 2.05) is 0 Å². The average Bonchev–Trinajstić information content (AvgIpc) is 2.46. The SMILES string of the molecule is C[C@H]1CN(C(=O)CCOS(C)(=O)=O)[C@@H](C)CN1C(=O)CCOS(C)(=O)=O. The molecule has 152 valence electrons. The van der Waals surface area contributed by atoms with Gasteiger partial charge in [0.2, 0.25) is 11.8 Å². The van der Waals surface area contributed by atoms with Gasteiger partial charge in [0.1, 0.15) is 0 Å². The number of carbonyl (C=O) groups is 2. The van der Waals surface area contributed by atoms with Gasteiger partial charge in [0.05, 0.1) is 38.6 Å². The second-order valence-electron chi connectivity index (χ2n) is 6.34. The molecule has 0 N–H and O–H groups in total. The van der Waals surface area contributed by atoms with Crippen molar-refractivity contribution in [3.63, 3.8) is 0 Å². The molecule has 0 aliphatic carbocycles. The summed E-state index contributed by atoms with van der Waals surface area (Å²) in [7, 11) is -7.19.